The molecule has 0 atom stereocenters. The molecular formula is C12H12N4O. The molecule has 0 aliphatic heterocycles. The molecule has 0 fully saturated rings. The molecule has 5 nitrogen and oxygen atoms in total. The Morgan fingerprint density at radius 1 is 1.41 bits per heavy atom. The Labute approximate surface area is 98.8 Å². The molecule has 0 saturated heterocycles. The molecule has 0 bridgehead atoms. The van der Waals surface area contributed by atoms with Gasteiger partial charge in [-0.15, -0.1) is 10.2 Å². The largest absolute Gasteiger partial charge is 0.345 e. The summed E-state index contributed by atoms with van der Waals surface area (Å²) in [6.45, 7) is 3.71. The number of carbonyl (C=O) groups is 1. The number of hydrogen-bond acceptors (Lipinski definition) is 3. The van der Waals surface area contributed by atoms with Crippen LogP contribution in [0.3, 0.4) is 0 Å². The fraction of sp³-hybridized carbons (Fsp3) is 0.0833. The molecule has 1 aromatic carbocycles. The summed E-state index contributed by atoms with van der Waals surface area (Å²) < 4.78 is 1.82. The first-order valence-corrected chi connectivity index (χ1v) is 5.16. The van der Waals surface area contributed by atoms with E-state index in [-0.39, 0.29) is 5.91 Å². The van der Waals surface area contributed by atoms with Crippen molar-refractivity contribution in [3.05, 3.63) is 55.1 Å². The van der Waals surface area contributed by atoms with Gasteiger partial charge in [0, 0.05) is 5.69 Å². The van der Waals surface area contributed by atoms with E-state index in [1.54, 1.807) is 6.33 Å². The average Bonchev–Trinajstić information content (AvgIpc) is 2.85. The van der Waals surface area contributed by atoms with E-state index < -0.39 is 0 Å². The van der Waals surface area contributed by atoms with Crippen LogP contribution in [-0.2, 0) is 11.3 Å². The van der Waals surface area contributed by atoms with Crippen LogP contribution in [0.2, 0.25) is 0 Å². The fourth-order valence-electron chi connectivity index (χ4n) is 1.42. The Kier molecular flexibility index (Phi) is 3.30. The van der Waals surface area contributed by atoms with E-state index in [0.29, 0.717) is 12.4 Å². The first-order valence-electron chi connectivity index (χ1n) is 5.16. The van der Waals surface area contributed by atoms with Gasteiger partial charge >= 0.3 is 0 Å². The van der Waals surface area contributed by atoms with Gasteiger partial charge in [0.25, 0.3) is 0 Å². The number of nitrogens with zero attached hydrogens (tertiary/aromatic N) is 3. The summed E-state index contributed by atoms with van der Waals surface area (Å²) in [4.78, 5) is 11.1. The summed E-state index contributed by atoms with van der Waals surface area (Å²) in [5.41, 5.74) is 0.959. The molecule has 17 heavy (non-hydrogen) atoms. The first kappa shape index (κ1) is 11.1. The van der Waals surface area contributed by atoms with Crippen molar-refractivity contribution < 1.29 is 4.79 Å². The second kappa shape index (κ2) is 5.07. The highest BCUT2D eigenvalue weighted by Crippen LogP contribution is 2.08. The van der Waals surface area contributed by atoms with Gasteiger partial charge in [0.1, 0.15) is 6.33 Å². The maximum Gasteiger partial charge on any atom is 0.243 e. The van der Waals surface area contributed by atoms with Gasteiger partial charge in [-0.05, 0) is 18.2 Å². The zero-order valence-electron chi connectivity index (χ0n) is 9.21. The first-order chi connectivity index (χ1) is 8.31. The number of aromatic nitrogens is 3. The Bertz CT molecular complexity index is 518. The van der Waals surface area contributed by atoms with Gasteiger partial charge in [0.05, 0.1) is 6.54 Å². The molecule has 0 radical (unpaired) electrons. The third-order valence-corrected chi connectivity index (χ3v) is 2.26. The van der Waals surface area contributed by atoms with Crippen LogP contribution in [0.1, 0.15) is 5.82 Å². The second-order valence-corrected chi connectivity index (χ2v) is 3.37. The van der Waals surface area contributed by atoms with Crippen LogP contribution in [0.25, 0.3) is 5.69 Å². The normalized spacial score (nSPS) is 9.88. The molecule has 1 N–H and O–H groups in total. The lowest BCUT2D eigenvalue weighted by molar-refractivity contribution is -0.116. The van der Waals surface area contributed by atoms with Gasteiger partial charge in [-0.25, -0.2) is 0 Å². The van der Waals surface area contributed by atoms with E-state index in [1.807, 2.05) is 34.9 Å². The topological polar surface area (TPSA) is 59.8 Å². The maximum atomic E-state index is 11.1. The SMILES string of the molecule is C=CC(=O)NCc1nncn1-c1ccccc1. The zero-order chi connectivity index (χ0) is 12.1. The van der Waals surface area contributed by atoms with Crippen molar-refractivity contribution in [2.45, 2.75) is 6.54 Å². The van der Waals surface area contributed by atoms with Crippen LogP contribution < -0.4 is 5.32 Å². The third-order valence-electron chi connectivity index (χ3n) is 2.26. The molecule has 1 heterocycles. The number of benzene rings is 1. The molecule has 86 valence electrons. The zero-order valence-corrected chi connectivity index (χ0v) is 9.21. The third kappa shape index (κ3) is 2.57. The van der Waals surface area contributed by atoms with E-state index in [4.69, 9.17) is 0 Å². The molecule has 0 unspecified atom stereocenters. The highest BCUT2D eigenvalue weighted by atomic mass is 16.1. The van der Waals surface area contributed by atoms with Crippen LogP contribution in [0.15, 0.2) is 49.3 Å². The van der Waals surface area contributed by atoms with Gasteiger partial charge < -0.3 is 5.32 Å². The van der Waals surface area contributed by atoms with Crippen molar-refractivity contribution in [2.75, 3.05) is 0 Å². The van der Waals surface area contributed by atoms with Gasteiger partial charge in [0.15, 0.2) is 5.82 Å². The monoisotopic (exact) mass is 228 g/mol. The molecular weight excluding hydrogens is 216 g/mol. The van der Waals surface area contributed by atoms with E-state index >= 15 is 0 Å². The van der Waals surface area contributed by atoms with E-state index in [1.165, 1.54) is 6.08 Å². The van der Waals surface area contributed by atoms with E-state index in [0.717, 1.165) is 5.69 Å². The quantitative estimate of drug-likeness (QED) is 0.796. The molecule has 1 amide bonds. The highest BCUT2D eigenvalue weighted by Gasteiger charge is 2.06. The Morgan fingerprint density at radius 3 is 2.88 bits per heavy atom. The summed E-state index contributed by atoms with van der Waals surface area (Å²) in [5.74, 6) is 0.444. The minimum atomic E-state index is -0.229. The van der Waals surface area contributed by atoms with Gasteiger partial charge in [-0.3, -0.25) is 9.36 Å². The molecule has 1 aromatic heterocycles. The van der Waals surface area contributed by atoms with Crippen molar-refractivity contribution in [2.24, 2.45) is 0 Å². The van der Waals surface area contributed by atoms with Gasteiger partial charge in [0.2, 0.25) is 5.91 Å². The van der Waals surface area contributed by atoms with Crippen LogP contribution in [0.5, 0.6) is 0 Å². The standard InChI is InChI=1S/C12H12N4O/c1-2-12(17)13-8-11-15-14-9-16(11)10-6-4-3-5-7-10/h2-7,9H,1,8H2,(H,13,17). The molecule has 0 saturated carbocycles. The molecule has 0 aliphatic carbocycles. The van der Waals surface area contributed by atoms with Crippen LogP contribution >= 0.6 is 0 Å². The Balaban J connectivity index is 2.18. The summed E-state index contributed by atoms with van der Waals surface area (Å²) in [6, 6.07) is 9.69. The summed E-state index contributed by atoms with van der Waals surface area (Å²) in [5, 5.41) is 10.5. The minimum Gasteiger partial charge on any atom is -0.345 e. The molecule has 2 rings (SSSR count). The van der Waals surface area contributed by atoms with E-state index in [9.17, 15) is 4.79 Å². The fourth-order valence-corrected chi connectivity index (χ4v) is 1.42. The number of rotatable bonds is 4. The summed E-state index contributed by atoms with van der Waals surface area (Å²) >= 11 is 0. The maximum absolute atomic E-state index is 11.1. The smallest absolute Gasteiger partial charge is 0.243 e. The van der Waals surface area contributed by atoms with Crippen molar-refractivity contribution in [1.82, 2.24) is 20.1 Å². The van der Waals surface area contributed by atoms with Gasteiger partial charge in [-0.2, -0.15) is 0 Å². The Morgan fingerprint density at radius 2 is 2.18 bits per heavy atom. The molecule has 0 spiro atoms. The predicted molar refractivity (Wildman–Crippen MR) is 63.4 cm³/mol. The van der Waals surface area contributed by atoms with Crippen molar-refractivity contribution in [3.63, 3.8) is 0 Å². The number of para-hydroxylation sites is 1. The predicted octanol–water partition coefficient (Wildman–Crippen LogP) is 1.07. The van der Waals surface area contributed by atoms with Crippen LogP contribution in [0.4, 0.5) is 0 Å². The molecule has 2 aromatic rings. The lowest BCUT2D eigenvalue weighted by Gasteiger charge is -2.06. The lowest BCUT2D eigenvalue weighted by Crippen LogP contribution is -2.22. The Hall–Kier alpha value is -2.43. The van der Waals surface area contributed by atoms with Crippen molar-refractivity contribution >= 4 is 5.91 Å². The highest BCUT2D eigenvalue weighted by molar-refractivity contribution is 5.86. The van der Waals surface area contributed by atoms with Crippen LogP contribution in [0, 0.1) is 0 Å². The van der Waals surface area contributed by atoms with Crippen LogP contribution in [-0.4, -0.2) is 20.7 Å². The molecule has 5 heteroatoms. The van der Waals surface area contributed by atoms with Crippen molar-refractivity contribution in [1.29, 1.82) is 0 Å². The number of carbonyl (C=O) groups excluding carboxylic acids is 1. The second-order valence-electron chi connectivity index (χ2n) is 3.37. The molecule has 0 aliphatic rings. The number of nitrogens with one attached hydrogen (secondary N) is 1. The van der Waals surface area contributed by atoms with E-state index in [2.05, 4.69) is 22.1 Å². The number of amides is 1. The lowest BCUT2D eigenvalue weighted by atomic mass is 10.3. The number of hydrogen-bond donors (Lipinski definition) is 1. The summed E-state index contributed by atoms with van der Waals surface area (Å²) in [7, 11) is 0. The van der Waals surface area contributed by atoms with Gasteiger partial charge in [-0.1, -0.05) is 24.8 Å². The summed E-state index contributed by atoms with van der Waals surface area (Å²) in [6.07, 6.45) is 2.84. The minimum absolute atomic E-state index is 0.229. The average molecular weight is 228 g/mol. The van der Waals surface area contributed by atoms with Crippen molar-refractivity contribution in [3.8, 4) is 5.69 Å².